The first-order chi connectivity index (χ1) is 13.5. The topological polar surface area (TPSA) is 99.0 Å². The van der Waals surface area contributed by atoms with Crippen LogP contribution in [0.3, 0.4) is 0 Å². The van der Waals surface area contributed by atoms with Gasteiger partial charge in [-0.15, -0.1) is 5.10 Å². The minimum atomic E-state index is -0.598. The Balaban J connectivity index is 1.64. The highest BCUT2D eigenvalue weighted by Crippen LogP contribution is 2.27. The van der Waals surface area contributed by atoms with E-state index in [1.807, 2.05) is 25.1 Å². The lowest BCUT2D eigenvalue weighted by Gasteiger charge is -2.16. The van der Waals surface area contributed by atoms with Gasteiger partial charge in [-0.25, -0.2) is 9.48 Å². The van der Waals surface area contributed by atoms with Crippen LogP contribution in [-0.2, 0) is 9.53 Å². The summed E-state index contributed by atoms with van der Waals surface area (Å²) in [6.07, 6.45) is 1.42. The van der Waals surface area contributed by atoms with Gasteiger partial charge in [0.05, 0.1) is 11.3 Å². The molecular formula is C20H21N5O3. The van der Waals surface area contributed by atoms with Crippen LogP contribution in [0, 0.1) is 6.92 Å². The molecule has 0 aliphatic rings. The zero-order valence-corrected chi connectivity index (χ0v) is 15.9. The molecule has 0 aliphatic carbocycles. The van der Waals surface area contributed by atoms with E-state index in [4.69, 9.17) is 4.74 Å². The summed E-state index contributed by atoms with van der Waals surface area (Å²) in [5.74, 6) is -0.730. The second-order valence-corrected chi connectivity index (χ2v) is 6.62. The van der Waals surface area contributed by atoms with Crippen molar-refractivity contribution in [2.75, 3.05) is 11.9 Å². The maximum atomic E-state index is 12.3. The highest BCUT2D eigenvalue weighted by molar-refractivity contribution is 5.96. The molecule has 1 heterocycles. The molecule has 144 valence electrons. The summed E-state index contributed by atoms with van der Waals surface area (Å²) < 4.78 is 6.59. The van der Waals surface area contributed by atoms with Crippen LogP contribution >= 0.6 is 0 Å². The maximum absolute atomic E-state index is 12.3. The number of amides is 1. The van der Waals surface area contributed by atoms with Gasteiger partial charge < -0.3 is 10.1 Å². The number of benzene rings is 2. The van der Waals surface area contributed by atoms with Gasteiger partial charge in [-0.2, -0.15) is 0 Å². The molecule has 1 amide bonds. The number of nitrogens with zero attached hydrogens (tertiary/aromatic N) is 4. The minimum absolute atomic E-state index is 0.256. The summed E-state index contributed by atoms with van der Waals surface area (Å²) in [4.78, 5) is 24.6. The van der Waals surface area contributed by atoms with E-state index in [0.717, 1.165) is 16.8 Å². The molecule has 0 spiro atoms. The Morgan fingerprint density at radius 2 is 1.96 bits per heavy atom. The van der Waals surface area contributed by atoms with Crippen molar-refractivity contribution in [1.29, 1.82) is 0 Å². The lowest BCUT2D eigenvalue weighted by atomic mass is 9.98. The predicted octanol–water partition coefficient (Wildman–Crippen LogP) is 2.89. The van der Waals surface area contributed by atoms with Gasteiger partial charge in [-0.3, -0.25) is 4.79 Å². The summed E-state index contributed by atoms with van der Waals surface area (Å²) in [5, 5.41) is 13.8. The Bertz CT molecular complexity index is 983. The number of carbonyl (C=O) groups excluding carboxylic acids is 2. The van der Waals surface area contributed by atoms with E-state index in [2.05, 4.69) is 34.7 Å². The van der Waals surface area contributed by atoms with Gasteiger partial charge in [0.25, 0.3) is 5.91 Å². The molecular weight excluding hydrogens is 358 g/mol. The van der Waals surface area contributed by atoms with E-state index < -0.39 is 5.97 Å². The van der Waals surface area contributed by atoms with Crippen LogP contribution in [0.5, 0.6) is 0 Å². The lowest BCUT2D eigenvalue weighted by molar-refractivity contribution is -0.119. The van der Waals surface area contributed by atoms with Crippen molar-refractivity contribution in [2.24, 2.45) is 0 Å². The first kappa shape index (κ1) is 19.2. The predicted molar refractivity (Wildman–Crippen MR) is 103 cm³/mol. The molecule has 1 N–H and O–H groups in total. The molecule has 0 radical (unpaired) electrons. The molecule has 0 saturated heterocycles. The van der Waals surface area contributed by atoms with Crippen molar-refractivity contribution in [3.8, 4) is 5.69 Å². The molecule has 0 aliphatic heterocycles. The third-order valence-corrected chi connectivity index (χ3v) is 4.22. The molecule has 8 nitrogen and oxygen atoms in total. The zero-order chi connectivity index (χ0) is 20.1. The number of carbonyl (C=O) groups is 2. The number of para-hydroxylation sites is 1. The van der Waals surface area contributed by atoms with Crippen molar-refractivity contribution in [3.63, 3.8) is 0 Å². The van der Waals surface area contributed by atoms with Crippen LogP contribution in [0.25, 0.3) is 5.69 Å². The van der Waals surface area contributed by atoms with Gasteiger partial charge >= 0.3 is 5.97 Å². The third kappa shape index (κ3) is 4.40. The van der Waals surface area contributed by atoms with Gasteiger partial charge in [0, 0.05) is 5.69 Å². The lowest BCUT2D eigenvalue weighted by Crippen LogP contribution is -2.22. The second-order valence-electron chi connectivity index (χ2n) is 6.62. The third-order valence-electron chi connectivity index (χ3n) is 4.22. The monoisotopic (exact) mass is 379 g/mol. The maximum Gasteiger partial charge on any atom is 0.338 e. The summed E-state index contributed by atoms with van der Waals surface area (Å²) in [7, 11) is 0. The minimum Gasteiger partial charge on any atom is -0.452 e. The van der Waals surface area contributed by atoms with Gasteiger partial charge in [0.1, 0.15) is 6.33 Å². The molecule has 8 heteroatoms. The molecule has 0 saturated carbocycles. The Morgan fingerprint density at radius 3 is 2.68 bits per heavy atom. The van der Waals surface area contributed by atoms with Crippen LogP contribution in [-0.4, -0.2) is 38.7 Å². The number of aromatic nitrogens is 4. The van der Waals surface area contributed by atoms with Crippen molar-refractivity contribution in [3.05, 3.63) is 65.5 Å². The van der Waals surface area contributed by atoms with Crippen molar-refractivity contribution in [1.82, 2.24) is 20.2 Å². The Kier molecular flexibility index (Phi) is 5.78. The van der Waals surface area contributed by atoms with Crippen LogP contribution in [0.1, 0.15) is 41.3 Å². The molecule has 0 fully saturated rings. The normalized spacial score (nSPS) is 10.7. The van der Waals surface area contributed by atoms with Crippen molar-refractivity contribution in [2.45, 2.75) is 26.7 Å². The Labute approximate surface area is 162 Å². The SMILES string of the molecule is Cc1cccc(C(C)C)c1NC(=O)COC(=O)c1cccc(-n2cnnn2)c1. The van der Waals surface area contributed by atoms with E-state index in [0.29, 0.717) is 11.3 Å². The molecule has 1 aromatic heterocycles. The van der Waals surface area contributed by atoms with Crippen molar-refractivity contribution < 1.29 is 14.3 Å². The summed E-state index contributed by atoms with van der Waals surface area (Å²) >= 11 is 0. The van der Waals surface area contributed by atoms with Crippen molar-refractivity contribution >= 4 is 17.6 Å². The van der Waals surface area contributed by atoms with Gasteiger partial charge in [0.2, 0.25) is 0 Å². The summed E-state index contributed by atoms with van der Waals surface area (Å²) in [5.41, 5.74) is 3.68. The van der Waals surface area contributed by atoms with E-state index in [9.17, 15) is 9.59 Å². The molecule has 0 bridgehead atoms. The Hall–Kier alpha value is -3.55. The smallest absolute Gasteiger partial charge is 0.338 e. The first-order valence-electron chi connectivity index (χ1n) is 8.85. The van der Waals surface area contributed by atoms with Gasteiger partial charge in [-0.1, -0.05) is 38.1 Å². The van der Waals surface area contributed by atoms with Crippen LogP contribution in [0.4, 0.5) is 5.69 Å². The van der Waals surface area contributed by atoms with E-state index in [-0.39, 0.29) is 18.4 Å². The summed E-state index contributed by atoms with van der Waals surface area (Å²) in [6.45, 7) is 5.67. The van der Waals surface area contributed by atoms with E-state index in [1.165, 1.54) is 11.0 Å². The van der Waals surface area contributed by atoms with Crippen LogP contribution in [0.2, 0.25) is 0 Å². The number of esters is 1. The van der Waals surface area contributed by atoms with Gasteiger partial charge in [0.15, 0.2) is 6.61 Å². The first-order valence-corrected chi connectivity index (χ1v) is 8.85. The number of hydrogen-bond acceptors (Lipinski definition) is 6. The number of ether oxygens (including phenoxy) is 1. The average Bonchev–Trinajstić information content (AvgIpc) is 3.22. The number of tetrazole rings is 1. The summed E-state index contributed by atoms with van der Waals surface area (Å²) in [6, 6.07) is 12.5. The fourth-order valence-corrected chi connectivity index (χ4v) is 2.79. The fraction of sp³-hybridized carbons (Fsp3) is 0.250. The molecule has 3 aromatic rings. The fourth-order valence-electron chi connectivity index (χ4n) is 2.79. The Morgan fingerprint density at radius 1 is 1.18 bits per heavy atom. The van der Waals surface area contributed by atoms with Gasteiger partial charge in [-0.05, 0) is 52.6 Å². The average molecular weight is 379 g/mol. The number of rotatable bonds is 6. The molecule has 2 aromatic carbocycles. The number of nitrogens with one attached hydrogen (secondary N) is 1. The quantitative estimate of drug-likeness (QED) is 0.661. The zero-order valence-electron chi connectivity index (χ0n) is 15.9. The molecule has 28 heavy (non-hydrogen) atoms. The molecule has 3 rings (SSSR count). The van der Waals surface area contributed by atoms with Crippen LogP contribution in [0.15, 0.2) is 48.8 Å². The van der Waals surface area contributed by atoms with E-state index >= 15 is 0 Å². The molecule has 0 atom stereocenters. The van der Waals surface area contributed by atoms with Crippen LogP contribution < -0.4 is 5.32 Å². The molecule has 0 unspecified atom stereocenters. The standard InChI is InChI=1S/C20H21N5O3/c1-13(2)17-9-4-6-14(3)19(17)22-18(26)11-28-20(27)15-7-5-8-16(10-15)25-12-21-23-24-25/h4-10,12-13H,11H2,1-3H3,(H,22,26). The number of anilines is 1. The largest absolute Gasteiger partial charge is 0.452 e. The highest BCUT2D eigenvalue weighted by atomic mass is 16.5. The van der Waals surface area contributed by atoms with E-state index in [1.54, 1.807) is 24.3 Å². The second kappa shape index (κ2) is 8.43. The highest BCUT2D eigenvalue weighted by Gasteiger charge is 2.15. The number of hydrogen-bond donors (Lipinski definition) is 1. The number of aryl methyl sites for hydroxylation is 1.